The van der Waals surface area contributed by atoms with Gasteiger partial charge in [-0.15, -0.1) is 0 Å². The quantitative estimate of drug-likeness (QED) is 0.725. The van der Waals surface area contributed by atoms with Gasteiger partial charge in [-0.25, -0.2) is 5.10 Å². The molecule has 106 valence electrons. The fourth-order valence-electron chi connectivity index (χ4n) is 2.97. The number of nitrogens with one attached hydrogen (secondary N) is 2. The molecule has 3 aromatic rings. The largest absolute Gasteiger partial charge is 0.364 e. The molecule has 1 aromatic carbocycles. The fraction of sp³-hybridized carbons (Fsp3) is 0.200. The molecule has 21 heavy (non-hydrogen) atoms. The molecule has 0 saturated heterocycles. The third kappa shape index (κ3) is 1.93. The highest BCUT2D eigenvalue weighted by Gasteiger charge is 2.23. The first kappa shape index (κ1) is 12.5. The highest BCUT2D eigenvalue weighted by molar-refractivity contribution is 6.33. The summed E-state index contributed by atoms with van der Waals surface area (Å²) in [7, 11) is 0. The van der Waals surface area contributed by atoms with Gasteiger partial charge in [-0.3, -0.25) is 4.79 Å². The van der Waals surface area contributed by atoms with E-state index >= 15 is 0 Å². The standard InChI is InChI=1S/C15H13ClN4O/c16-14-13(7-17-19-15(14)21)20-6-5-12-10(8-20)9-3-1-2-4-11(9)18-12/h1-4,7,18H,5-6,8H2,(H,19,21). The van der Waals surface area contributed by atoms with E-state index in [9.17, 15) is 4.79 Å². The van der Waals surface area contributed by atoms with Crippen LogP contribution in [0.25, 0.3) is 10.9 Å². The van der Waals surface area contributed by atoms with E-state index in [2.05, 4.69) is 32.2 Å². The molecule has 0 fully saturated rings. The van der Waals surface area contributed by atoms with Crippen molar-refractivity contribution in [2.24, 2.45) is 0 Å². The van der Waals surface area contributed by atoms with Crippen LogP contribution in [-0.4, -0.2) is 21.7 Å². The predicted molar refractivity (Wildman–Crippen MR) is 82.9 cm³/mol. The van der Waals surface area contributed by atoms with Gasteiger partial charge in [0.2, 0.25) is 0 Å². The van der Waals surface area contributed by atoms with Gasteiger partial charge in [-0.2, -0.15) is 5.10 Å². The lowest BCUT2D eigenvalue weighted by Gasteiger charge is -2.29. The van der Waals surface area contributed by atoms with Crippen molar-refractivity contribution in [2.75, 3.05) is 11.4 Å². The minimum absolute atomic E-state index is 0.202. The Morgan fingerprint density at radius 1 is 1.29 bits per heavy atom. The lowest BCUT2D eigenvalue weighted by molar-refractivity contribution is 0.721. The molecule has 4 rings (SSSR count). The monoisotopic (exact) mass is 300 g/mol. The molecule has 0 bridgehead atoms. The van der Waals surface area contributed by atoms with Crippen LogP contribution in [0.2, 0.25) is 5.02 Å². The molecule has 0 unspecified atom stereocenters. The van der Waals surface area contributed by atoms with Crippen LogP contribution < -0.4 is 10.5 Å². The minimum Gasteiger partial charge on any atom is -0.364 e. The molecule has 1 aliphatic rings. The molecule has 2 aromatic heterocycles. The molecule has 0 radical (unpaired) electrons. The number of hydrogen-bond acceptors (Lipinski definition) is 3. The maximum Gasteiger partial charge on any atom is 0.285 e. The van der Waals surface area contributed by atoms with Gasteiger partial charge in [0.05, 0.1) is 11.9 Å². The van der Waals surface area contributed by atoms with Crippen LogP contribution in [0, 0.1) is 0 Å². The SMILES string of the molecule is O=c1[nH]ncc(N2CCc3[nH]c4ccccc4c3C2)c1Cl. The summed E-state index contributed by atoms with van der Waals surface area (Å²) in [6, 6.07) is 8.27. The van der Waals surface area contributed by atoms with Gasteiger partial charge in [-0.1, -0.05) is 29.8 Å². The van der Waals surface area contributed by atoms with Crippen molar-refractivity contribution in [2.45, 2.75) is 13.0 Å². The number of para-hydroxylation sites is 1. The number of anilines is 1. The summed E-state index contributed by atoms with van der Waals surface area (Å²) >= 11 is 6.11. The summed E-state index contributed by atoms with van der Waals surface area (Å²) in [5.41, 5.74) is 4.03. The third-order valence-corrected chi connectivity index (χ3v) is 4.37. The second-order valence-corrected chi connectivity index (χ2v) is 5.58. The van der Waals surface area contributed by atoms with E-state index in [-0.39, 0.29) is 10.6 Å². The first-order valence-corrected chi connectivity index (χ1v) is 7.18. The van der Waals surface area contributed by atoms with Gasteiger partial charge in [0.25, 0.3) is 5.56 Å². The molecule has 0 atom stereocenters. The summed E-state index contributed by atoms with van der Waals surface area (Å²) in [5.74, 6) is 0. The van der Waals surface area contributed by atoms with Crippen LogP contribution in [0.5, 0.6) is 0 Å². The Morgan fingerprint density at radius 3 is 3.05 bits per heavy atom. The zero-order valence-corrected chi connectivity index (χ0v) is 11.9. The van der Waals surface area contributed by atoms with Crippen molar-refractivity contribution in [3.63, 3.8) is 0 Å². The number of nitrogens with zero attached hydrogens (tertiary/aromatic N) is 2. The maximum absolute atomic E-state index is 11.6. The Balaban J connectivity index is 1.79. The summed E-state index contributed by atoms with van der Waals surface area (Å²) in [6.45, 7) is 1.54. The van der Waals surface area contributed by atoms with Gasteiger partial charge < -0.3 is 9.88 Å². The fourth-order valence-corrected chi connectivity index (χ4v) is 3.18. The van der Waals surface area contributed by atoms with E-state index in [0.29, 0.717) is 5.69 Å². The number of rotatable bonds is 1. The first-order chi connectivity index (χ1) is 10.2. The summed E-state index contributed by atoms with van der Waals surface area (Å²) in [6.07, 6.45) is 2.51. The van der Waals surface area contributed by atoms with Crippen molar-refractivity contribution in [3.05, 3.63) is 57.1 Å². The molecule has 0 aliphatic carbocycles. The molecule has 0 amide bonds. The van der Waals surface area contributed by atoms with Crippen LogP contribution in [-0.2, 0) is 13.0 Å². The lowest BCUT2D eigenvalue weighted by atomic mass is 10.0. The van der Waals surface area contributed by atoms with Gasteiger partial charge in [0.1, 0.15) is 5.02 Å². The molecule has 0 spiro atoms. The van der Waals surface area contributed by atoms with E-state index < -0.39 is 0 Å². The van der Waals surface area contributed by atoms with E-state index in [1.807, 2.05) is 12.1 Å². The summed E-state index contributed by atoms with van der Waals surface area (Å²) < 4.78 is 0. The van der Waals surface area contributed by atoms with Crippen molar-refractivity contribution in [1.82, 2.24) is 15.2 Å². The molecule has 0 saturated carbocycles. The van der Waals surface area contributed by atoms with Gasteiger partial charge >= 0.3 is 0 Å². The van der Waals surface area contributed by atoms with Crippen LogP contribution in [0.1, 0.15) is 11.3 Å². The van der Waals surface area contributed by atoms with Crippen molar-refractivity contribution >= 4 is 28.2 Å². The Kier molecular flexibility index (Phi) is 2.75. The zero-order valence-electron chi connectivity index (χ0n) is 11.2. The number of hydrogen-bond donors (Lipinski definition) is 2. The molecule has 1 aliphatic heterocycles. The topological polar surface area (TPSA) is 64.8 Å². The van der Waals surface area contributed by atoms with E-state index in [0.717, 1.165) is 25.0 Å². The Hall–Kier alpha value is -2.27. The van der Waals surface area contributed by atoms with Gasteiger partial charge in [0, 0.05) is 41.7 Å². The van der Waals surface area contributed by atoms with E-state index in [1.54, 1.807) is 6.20 Å². The molecule has 3 heterocycles. The highest BCUT2D eigenvalue weighted by atomic mass is 35.5. The average molecular weight is 301 g/mol. The average Bonchev–Trinajstić information content (AvgIpc) is 2.88. The van der Waals surface area contributed by atoms with Crippen LogP contribution in [0.3, 0.4) is 0 Å². The number of benzene rings is 1. The number of fused-ring (bicyclic) bond motifs is 3. The van der Waals surface area contributed by atoms with Crippen LogP contribution in [0.4, 0.5) is 5.69 Å². The zero-order chi connectivity index (χ0) is 14.4. The van der Waals surface area contributed by atoms with Crippen molar-refractivity contribution in [3.8, 4) is 0 Å². The molecule has 5 nitrogen and oxygen atoms in total. The lowest BCUT2D eigenvalue weighted by Crippen LogP contribution is -2.31. The van der Waals surface area contributed by atoms with Gasteiger partial charge in [-0.05, 0) is 6.07 Å². The normalized spacial score (nSPS) is 14.4. The number of halogens is 1. The molecule has 2 N–H and O–H groups in total. The number of H-pyrrole nitrogens is 2. The maximum atomic E-state index is 11.6. The van der Waals surface area contributed by atoms with Gasteiger partial charge in [0.15, 0.2) is 0 Å². The second-order valence-electron chi connectivity index (χ2n) is 5.20. The first-order valence-electron chi connectivity index (χ1n) is 6.80. The highest BCUT2D eigenvalue weighted by Crippen LogP contribution is 2.31. The number of aromatic amines is 2. The summed E-state index contributed by atoms with van der Waals surface area (Å²) in [4.78, 5) is 17.2. The smallest absolute Gasteiger partial charge is 0.285 e. The van der Waals surface area contributed by atoms with E-state index in [1.165, 1.54) is 16.6 Å². The number of aromatic nitrogens is 3. The van der Waals surface area contributed by atoms with Crippen LogP contribution in [0.15, 0.2) is 35.3 Å². The Labute approximate surface area is 125 Å². The second kappa shape index (κ2) is 4.63. The summed E-state index contributed by atoms with van der Waals surface area (Å²) in [5, 5.41) is 7.64. The minimum atomic E-state index is -0.348. The Bertz CT molecular complexity index is 883. The Morgan fingerprint density at radius 2 is 2.14 bits per heavy atom. The van der Waals surface area contributed by atoms with Crippen molar-refractivity contribution < 1.29 is 0 Å². The third-order valence-electron chi connectivity index (χ3n) is 4.00. The molecular weight excluding hydrogens is 288 g/mol. The predicted octanol–water partition coefficient (Wildman–Crippen LogP) is 2.47. The molecule has 6 heteroatoms. The van der Waals surface area contributed by atoms with Crippen molar-refractivity contribution in [1.29, 1.82) is 0 Å². The van der Waals surface area contributed by atoms with E-state index in [4.69, 9.17) is 11.6 Å². The van der Waals surface area contributed by atoms with Crippen LogP contribution >= 0.6 is 11.6 Å². The molecular formula is C15H13ClN4O.